The van der Waals surface area contributed by atoms with Crippen LogP contribution in [0.3, 0.4) is 0 Å². The third kappa shape index (κ3) is 2.98. The zero-order valence-electron chi connectivity index (χ0n) is 13.8. The van der Waals surface area contributed by atoms with Crippen LogP contribution in [0.1, 0.15) is 16.8 Å². The van der Waals surface area contributed by atoms with E-state index in [-0.39, 0.29) is 5.91 Å². The van der Waals surface area contributed by atoms with Crippen molar-refractivity contribution in [1.82, 2.24) is 14.9 Å². The number of ether oxygens (including phenoxy) is 1. The van der Waals surface area contributed by atoms with Crippen LogP contribution in [-0.4, -0.2) is 59.3 Å². The maximum Gasteiger partial charge on any atom is 0.251 e. The number of fused-ring (bicyclic) bond motifs is 1. The van der Waals surface area contributed by atoms with Gasteiger partial charge in [-0.2, -0.15) is 11.8 Å². The summed E-state index contributed by atoms with van der Waals surface area (Å²) in [6.07, 6.45) is 1.06. The molecule has 0 bridgehead atoms. The number of imidazole rings is 1. The van der Waals surface area contributed by atoms with Crippen molar-refractivity contribution in [3.05, 3.63) is 23.8 Å². The minimum Gasteiger partial charge on any atom is -0.378 e. The fourth-order valence-electron chi connectivity index (χ4n) is 3.29. The van der Waals surface area contributed by atoms with Gasteiger partial charge in [-0.25, -0.2) is 4.98 Å². The van der Waals surface area contributed by atoms with Crippen molar-refractivity contribution >= 4 is 34.7 Å². The van der Waals surface area contributed by atoms with E-state index in [1.165, 1.54) is 0 Å². The maximum atomic E-state index is 12.5. The summed E-state index contributed by atoms with van der Waals surface area (Å²) in [5.41, 5.74) is 2.60. The molecule has 2 aromatic rings. The third-order valence-corrected chi connectivity index (χ3v) is 5.84. The van der Waals surface area contributed by atoms with Gasteiger partial charge in [0.25, 0.3) is 5.91 Å². The number of carbonyl (C=O) groups is 1. The van der Waals surface area contributed by atoms with E-state index in [4.69, 9.17) is 9.72 Å². The van der Waals surface area contributed by atoms with Crippen molar-refractivity contribution in [2.24, 2.45) is 7.05 Å². The lowest BCUT2D eigenvalue weighted by Gasteiger charge is -2.27. The van der Waals surface area contributed by atoms with Crippen molar-refractivity contribution in [1.29, 1.82) is 0 Å². The lowest BCUT2D eigenvalue weighted by molar-refractivity contribution is 0.0941. The number of aromatic nitrogens is 2. The van der Waals surface area contributed by atoms with Crippen LogP contribution in [0.4, 0.5) is 5.95 Å². The van der Waals surface area contributed by atoms with E-state index in [0.29, 0.717) is 11.6 Å². The molecule has 0 radical (unpaired) electrons. The lowest BCUT2D eigenvalue weighted by atomic mass is 10.1. The van der Waals surface area contributed by atoms with Crippen LogP contribution in [0.15, 0.2) is 18.2 Å². The molecule has 4 rings (SSSR count). The Morgan fingerprint density at radius 2 is 2.21 bits per heavy atom. The third-order valence-electron chi connectivity index (χ3n) is 4.68. The molecule has 6 nitrogen and oxygen atoms in total. The van der Waals surface area contributed by atoms with E-state index in [2.05, 4.69) is 14.8 Å². The predicted molar refractivity (Wildman–Crippen MR) is 96.9 cm³/mol. The van der Waals surface area contributed by atoms with Crippen molar-refractivity contribution in [3.63, 3.8) is 0 Å². The molecule has 3 heterocycles. The largest absolute Gasteiger partial charge is 0.378 e. The molecule has 2 fully saturated rings. The molecule has 2 saturated heterocycles. The Kier molecular flexibility index (Phi) is 4.37. The summed E-state index contributed by atoms with van der Waals surface area (Å²) in [4.78, 5) is 19.5. The molecule has 1 N–H and O–H groups in total. The molecule has 7 heteroatoms. The van der Waals surface area contributed by atoms with Gasteiger partial charge in [0.15, 0.2) is 0 Å². The number of benzene rings is 1. The molecule has 2 aliphatic rings. The SMILES string of the molecule is Cn1c(N2CCOCC2)nc2cc(C(=O)N[C@H]3CCSC3)ccc21. The Balaban J connectivity index is 1.59. The van der Waals surface area contributed by atoms with Crippen LogP contribution < -0.4 is 10.2 Å². The van der Waals surface area contributed by atoms with E-state index < -0.39 is 0 Å². The number of hydrogen-bond acceptors (Lipinski definition) is 5. The molecule has 1 aromatic heterocycles. The molecule has 128 valence electrons. The van der Waals surface area contributed by atoms with Gasteiger partial charge in [0, 0.05) is 37.5 Å². The molecular formula is C17H22N4O2S. The number of carbonyl (C=O) groups excluding carboxylic acids is 1. The van der Waals surface area contributed by atoms with Crippen LogP contribution in [0.25, 0.3) is 11.0 Å². The quantitative estimate of drug-likeness (QED) is 0.916. The van der Waals surface area contributed by atoms with Gasteiger partial charge in [0.05, 0.1) is 24.2 Å². The number of anilines is 1. The average Bonchev–Trinajstić information content (AvgIpc) is 3.23. The average molecular weight is 346 g/mol. The minimum absolute atomic E-state index is 0.00276. The Hall–Kier alpha value is -1.73. The predicted octanol–water partition coefficient (Wildman–Crippen LogP) is 1.65. The van der Waals surface area contributed by atoms with Gasteiger partial charge in [-0.1, -0.05) is 0 Å². The number of aryl methyl sites for hydroxylation is 1. The zero-order valence-corrected chi connectivity index (χ0v) is 14.6. The van der Waals surface area contributed by atoms with Gasteiger partial charge >= 0.3 is 0 Å². The van der Waals surface area contributed by atoms with Crippen molar-refractivity contribution in [3.8, 4) is 0 Å². The zero-order chi connectivity index (χ0) is 16.5. The first-order chi connectivity index (χ1) is 11.7. The molecule has 0 saturated carbocycles. The highest BCUT2D eigenvalue weighted by Gasteiger charge is 2.21. The van der Waals surface area contributed by atoms with Gasteiger partial charge in [0.1, 0.15) is 0 Å². The molecule has 1 aromatic carbocycles. The first kappa shape index (κ1) is 15.8. The van der Waals surface area contributed by atoms with Crippen molar-refractivity contribution in [2.75, 3.05) is 42.7 Å². The molecule has 0 unspecified atom stereocenters. The summed E-state index contributed by atoms with van der Waals surface area (Å²) >= 11 is 1.90. The number of amides is 1. The summed E-state index contributed by atoms with van der Waals surface area (Å²) < 4.78 is 7.51. The van der Waals surface area contributed by atoms with Crippen LogP contribution in [-0.2, 0) is 11.8 Å². The first-order valence-corrected chi connectivity index (χ1v) is 9.55. The first-order valence-electron chi connectivity index (χ1n) is 8.40. The number of morpholine rings is 1. The molecular weight excluding hydrogens is 324 g/mol. The Morgan fingerprint density at radius 1 is 1.38 bits per heavy atom. The summed E-state index contributed by atoms with van der Waals surface area (Å²) in [5.74, 6) is 3.09. The van der Waals surface area contributed by atoms with Crippen LogP contribution in [0.2, 0.25) is 0 Å². The summed E-state index contributed by atoms with van der Waals surface area (Å²) in [7, 11) is 2.02. The van der Waals surface area contributed by atoms with Gasteiger partial charge in [-0.15, -0.1) is 0 Å². The number of thioether (sulfide) groups is 1. The Labute approximate surface area is 145 Å². The molecule has 24 heavy (non-hydrogen) atoms. The number of rotatable bonds is 3. The fourth-order valence-corrected chi connectivity index (χ4v) is 4.44. The second-order valence-corrected chi connectivity index (χ2v) is 7.46. The van der Waals surface area contributed by atoms with Gasteiger partial charge in [0.2, 0.25) is 5.95 Å². The second-order valence-electron chi connectivity index (χ2n) is 6.31. The van der Waals surface area contributed by atoms with Crippen LogP contribution in [0, 0.1) is 0 Å². The highest BCUT2D eigenvalue weighted by Crippen LogP contribution is 2.23. The number of nitrogens with one attached hydrogen (secondary N) is 1. The molecule has 1 amide bonds. The Morgan fingerprint density at radius 3 is 2.96 bits per heavy atom. The normalized spacial score (nSPS) is 21.4. The molecule has 0 spiro atoms. The van der Waals surface area contributed by atoms with E-state index in [1.807, 2.05) is 37.0 Å². The van der Waals surface area contributed by atoms with Crippen LogP contribution >= 0.6 is 11.8 Å². The fraction of sp³-hybridized carbons (Fsp3) is 0.529. The smallest absolute Gasteiger partial charge is 0.251 e. The van der Waals surface area contributed by atoms with Crippen molar-refractivity contribution < 1.29 is 9.53 Å². The van der Waals surface area contributed by atoms with E-state index in [0.717, 1.165) is 61.2 Å². The summed E-state index contributed by atoms with van der Waals surface area (Å²) in [6, 6.07) is 6.08. The van der Waals surface area contributed by atoms with Gasteiger partial charge < -0.3 is 19.5 Å². The second kappa shape index (κ2) is 6.64. The topological polar surface area (TPSA) is 59.4 Å². The maximum absolute atomic E-state index is 12.5. The Bertz CT molecular complexity index is 748. The van der Waals surface area contributed by atoms with E-state index >= 15 is 0 Å². The van der Waals surface area contributed by atoms with Crippen molar-refractivity contribution in [2.45, 2.75) is 12.5 Å². The van der Waals surface area contributed by atoms with Gasteiger partial charge in [-0.3, -0.25) is 4.79 Å². The van der Waals surface area contributed by atoms with E-state index in [9.17, 15) is 4.79 Å². The number of nitrogens with zero attached hydrogens (tertiary/aromatic N) is 3. The monoisotopic (exact) mass is 346 g/mol. The van der Waals surface area contributed by atoms with E-state index in [1.54, 1.807) is 0 Å². The molecule has 2 aliphatic heterocycles. The summed E-state index contributed by atoms with van der Waals surface area (Å²) in [5, 5.41) is 3.12. The highest BCUT2D eigenvalue weighted by atomic mass is 32.2. The molecule has 1 atom stereocenters. The highest BCUT2D eigenvalue weighted by molar-refractivity contribution is 7.99. The van der Waals surface area contributed by atoms with Crippen LogP contribution in [0.5, 0.6) is 0 Å². The number of hydrogen-bond donors (Lipinski definition) is 1. The summed E-state index contributed by atoms with van der Waals surface area (Å²) in [6.45, 7) is 3.17. The lowest BCUT2D eigenvalue weighted by Crippen LogP contribution is -2.37. The minimum atomic E-state index is 0.00276. The van der Waals surface area contributed by atoms with Gasteiger partial charge in [-0.05, 0) is 30.4 Å². The molecule has 0 aliphatic carbocycles. The standard InChI is InChI=1S/C17H22N4O2S/c1-20-15-3-2-12(16(22)18-13-4-9-24-11-13)10-14(15)19-17(20)21-5-7-23-8-6-21/h2-3,10,13H,4-9,11H2,1H3,(H,18,22)/t13-/m0/s1.